The molecule has 0 fully saturated rings. The van der Waals surface area contributed by atoms with Crippen molar-refractivity contribution in [3.8, 4) is 0 Å². The summed E-state index contributed by atoms with van der Waals surface area (Å²) in [6.07, 6.45) is -16.3. The molecule has 0 bridgehead atoms. The largest absolute Gasteiger partial charge is 0.672 e. The molecule has 0 N–H and O–H groups in total. The van der Waals surface area contributed by atoms with Crippen molar-refractivity contribution in [2.75, 3.05) is 0 Å². The lowest BCUT2D eigenvalue weighted by atomic mass is 9.87. The van der Waals surface area contributed by atoms with Gasteiger partial charge in [0.15, 0.2) is 0 Å². The quantitative estimate of drug-likeness (QED) is 0.170. The van der Waals surface area contributed by atoms with Crippen molar-refractivity contribution < 1.29 is 99.8 Å². The van der Waals surface area contributed by atoms with Crippen LogP contribution in [0.1, 0.15) is 13.8 Å². The second-order valence-electron chi connectivity index (χ2n) is 7.01. The molecule has 0 aliphatic carbocycles. The van der Waals surface area contributed by atoms with Crippen molar-refractivity contribution in [1.82, 2.24) is 0 Å². The molecule has 0 rings (SSSR count). The molecule has 0 amide bonds. The molecule has 0 aromatic heterocycles. The second kappa shape index (κ2) is 9.57. The van der Waals surface area contributed by atoms with Crippen LogP contribution in [-0.4, -0.2) is 81.7 Å². The summed E-state index contributed by atoms with van der Waals surface area (Å²) in [5.41, 5.74) is 0. The Hall–Kier alpha value is -1.02. The van der Waals surface area contributed by atoms with Crippen molar-refractivity contribution in [2.45, 2.75) is 79.6 Å². The molecular weight excluding hydrogens is 614 g/mol. The van der Waals surface area contributed by atoms with Gasteiger partial charge in [-0.05, 0) is 13.8 Å². The van der Waals surface area contributed by atoms with E-state index in [1.807, 2.05) is 0 Å². The molecule has 2 nitrogen and oxygen atoms in total. The Kier molecular flexibility index (Phi) is 9.30. The van der Waals surface area contributed by atoms with Gasteiger partial charge in [0.2, 0.25) is 0 Å². The minimum atomic E-state index is -9.19. The summed E-state index contributed by atoms with van der Waals surface area (Å²) < 4.78 is 282. The van der Waals surface area contributed by atoms with Gasteiger partial charge in [-0.1, -0.05) is 0 Å². The Morgan fingerprint density at radius 1 is 0.405 bits per heavy atom. The summed E-state index contributed by atoms with van der Waals surface area (Å²) in [4.78, 5) is 0. The van der Waals surface area contributed by atoms with Gasteiger partial charge >= 0.3 is 75.6 Å². The topological polar surface area (TPSA) is 18.5 Å². The predicted molar refractivity (Wildman–Crippen MR) is 73.6 cm³/mol. The summed E-state index contributed by atoms with van der Waals surface area (Å²) in [5.74, 6) is -70.6. The molecule has 0 atom stereocenters. The van der Waals surface area contributed by atoms with Gasteiger partial charge in [0, 0.05) is 6.10 Å². The fraction of sp³-hybridized carbons (Fsp3) is 1.00. The molecule has 0 spiro atoms. The van der Waals surface area contributed by atoms with Crippen molar-refractivity contribution in [1.29, 1.82) is 0 Å². The van der Waals surface area contributed by atoms with Crippen LogP contribution in [0.25, 0.3) is 0 Å². The highest BCUT2D eigenvalue weighted by atomic mass is 27.2. The maximum atomic E-state index is 13.5. The van der Waals surface area contributed by atoms with Gasteiger partial charge in [0.1, 0.15) is 0 Å². The van der Waals surface area contributed by atoms with E-state index in [0.29, 0.717) is 0 Å². The average molecular weight is 621 g/mol. The highest BCUT2D eigenvalue weighted by Crippen LogP contribution is 2.66. The van der Waals surface area contributed by atoms with Crippen LogP contribution in [0.15, 0.2) is 0 Å². The first kappa shape index (κ1) is 36.0. The molecule has 0 aromatic rings. The molecule has 0 saturated carbocycles. The van der Waals surface area contributed by atoms with Gasteiger partial charge in [-0.3, -0.25) is 0 Å². The number of rotatable bonds is 12. The Labute approximate surface area is 196 Å². The highest BCUT2D eigenvalue weighted by molar-refractivity contribution is 6.18. The zero-order valence-corrected chi connectivity index (χ0v) is 18.1. The number of halogens is 21. The predicted octanol–water partition coefficient (Wildman–Crippen LogP) is 7.20. The van der Waals surface area contributed by atoms with E-state index >= 15 is 0 Å². The third-order valence-corrected chi connectivity index (χ3v) is 5.05. The fourth-order valence-corrected chi connectivity index (χ4v) is 2.36. The van der Waals surface area contributed by atoms with Crippen molar-refractivity contribution in [2.24, 2.45) is 0 Å². The summed E-state index contributed by atoms with van der Waals surface area (Å²) in [7, 11) is 0. The van der Waals surface area contributed by atoms with E-state index in [1.165, 1.54) is 0 Å². The molecule has 0 heterocycles. The van der Waals surface area contributed by atoms with Crippen molar-refractivity contribution >= 4 is 15.9 Å². The molecule has 0 unspecified atom stereocenters. The first-order chi connectivity index (χ1) is 15.7. The SMILES string of the molecule is CC(C)[O][Al][O]C(F)(F)C(F)(F)C(F)(F)C(F)(F)C(F)(F)C(F)(F)C(F)(F)C(F)(F)C(F)(F)C(F)(F)F. The van der Waals surface area contributed by atoms with Crippen LogP contribution in [0, 0.1) is 0 Å². The normalized spacial score (nSPS) is 16.4. The van der Waals surface area contributed by atoms with E-state index in [4.69, 9.17) is 0 Å². The lowest BCUT2D eigenvalue weighted by Crippen LogP contribution is -2.77. The molecule has 0 aliphatic rings. The van der Waals surface area contributed by atoms with E-state index in [-0.39, 0.29) is 0 Å². The van der Waals surface area contributed by atoms with Gasteiger partial charge < -0.3 is 7.58 Å². The van der Waals surface area contributed by atoms with Crippen molar-refractivity contribution in [3.63, 3.8) is 0 Å². The maximum absolute atomic E-state index is 13.5. The van der Waals surface area contributed by atoms with Crippen LogP contribution in [0.4, 0.5) is 92.2 Å². The zero-order valence-electron chi connectivity index (χ0n) is 16.9. The Morgan fingerprint density at radius 2 is 0.649 bits per heavy atom. The highest BCUT2D eigenvalue weighted by Gasteiger charge is 2.98. The fourth-order valence-electron chi connectivity index (χ4n) is 1.82. The van der Waals surface area contributed by atoms with E-state index in [0.717, 1.165) is 13.8 Å². The lowest BCUT2D eigenvalue weighted by Gasteiger charge is -2.44. The minimum Gasteiger partial charge on any atom is -0.482 e. The Balaban J connectivity index is 6.85. The van der Waals surface area contributed by atoms with Crippen LogP contribution < -0.4 is 0 Å². The number of hydrogen-bond acceptors (Lipinski definition) is 2. The molecule has 24 heteroatoms. The van der Waals surface area contributed by atoms with Gasteiger partial charge in [0.05, 0.1) is 0 Å². The molecule has 0 aromatic carbocycles. The van der Waals surface area contributed by atoms with Crippen LogP contribution in [-0.2, 0) is 7.58 Å². The third-order valence-electron chi connectivity index (χ3n) is 4.01. The van der Waals surface area contributed by atoms with E-state index in [9.17, 15) is 92.2 Å². The summed E-state index contributed by atoms with van der Waals surface area (Å²) >= 11 is -3.06. The third kappa shape index (κ3) is 5.03. The molecule has 37 heavy (non-hydrogen) atoms. The number of alkyl halides is 21. The van der Waals surface area contributed by atoms with Gasteiger partial charge in [-0.2, -0.15) is 92.2 Å². The molecule has 221 valence electrons. The Bertz CT molecular complexity index is 801. The summed E-state index contributed by atoms with van der Waals surface area (Å²) in [6, 6.07) is 0. The van der Waals surface area contributed by atoms with Crippen LogP contribution in [0.3, 0.4) is 0 Å². The van der Waals surface area contributed by atoms with Crippen molar-refractivity contribution in [3.05, 3.63) is 0 Å². The van der Waals surface area contributed by atoms with Gasteiger partial charge in [-0.25, -0.2) is 0 Å². The molecule has 0 aliphatic heterocycles. The van der Waals surface area contributed by atoms with Crippen LogP contribution in [0.2, 0.25) is 0 Å². The molecule has 1 radical (unpaired) electrons. The van der Waals surface area contributed by atoms with Gasteiger partial charge in [0.25, 0.3) is 0 Å². The smallest absolute Gasteiger partial charge is 0.482 e. The monoisotopic (exact) mass is 621 g/mol. The maximum Gasteiger partial charge on any atom is 0.672 e. The van der Waals surface area contributed by atoms with Gasteiger partial charge in [-0.15, -0.1) is 0 Å². The Morgan fingerprint density at radius 3 is 0.892 bits per heavy atom. The molecule has 0 saturated heterocycles. The lowest BCUT2D eigenvalue weighted by molar-refractivity contribution is -0.481. The second-order valence-corrected chi connectivity index (χ2v) is 7.71. The summed E-state index contributed by atoms with van der Waals surface area (Å²) in [6.45, 7) is 1.88. The standard InChI is InChI=1S/C10F21O.C3H7O.Al/c11-1(12,3(15,16)5(19,20)7(23,24)9(27,28)29)2(13,14)4(17,18)6(21,22)8(25,26)10(30,31)32;1-3(2)4;/h;3H,1-2H3;/q2*-1;+2. The molecular formula is C13H7AlF21O2. The van der Waals surface area contributed by atoms with Crippen LogP contribution >= 0.6 is 0 Å². The minimum absolute atomic E-state index is 0.941. The summed E-state index contributed by atoms with van der Waals surface area (Å²) in [5, 5.41) is 0. The van der Waals surface area contributed by atoms with E-state index < -0.39 is 81.7 Å². The zero-order chi connectivity index (χ0) is 30.7. The average Bonchev–Trinajstić information content (AvgIpc) is 2.65. The van der Waals surface area contributed by atoms with Crippen LogP contribution in [0.5, 0.6) is 0 Å². The van der Waals surface area contributed by atoms with E-state index in [2.05, 4.69) is 7.58 Å². The first-order valence-corrected chi connectivity index (χ1v) is 9.23. The first-order valence-electron chi connectivity index (χ1n) is 8.28. The van der Waals surface area contributed by atoms with E-state index in [1.54, 1.807) is 0 Å². The number of hydrogen-bond donors (Lipinski definition) is 0.